The number of unbranched alkanes of at least 4 members (excludes halogenated alkanes) is 1. The average Bonchev–Trinajstić information content (AvgIpc) is 2.91. The Hall–Kier alpha value is -4.33. The highest BCUT2D eigenvalue weighted by Crippen LogP contribution is 2.23. The summed E-state index contributed by atoms with van der Waals surface area (Å²) in [6.07, 6.45) is 6.19. The lowest BCUT2D eigenvalue weighted by Gasteiger charge is -2.16. The Morgan fingerprint density at radius 2 is 1.86 bits per heavy atom. The van der Waals surface area contributed by atoms with Crippen molar-refractivity contribution in [2.24, 2.45) is 10.9 Å². The highest BCUT2D eigenvalue weighted by molar-refractivity contribution is 6.02. The average molecular weight is 469 g/mol. The van der Waals surface area contributed by atoms with E-state index in [2.05, 4.69) is 22.0 Å². The Balaban J connectivity index is 1.73. The lowest BCUT2D eigenvalue weighted by Crippen LogP contribution is -2.28. The highest BCUT2D eigenvalue weighted by atomic mass is 16.4. The van der Waals surface area contributed by atoms with Gasteiger partial charge in [-0.05, 0) is 43.5 Å². The van der Waals surface area contributed by atoms with Crippen LogP contribution in [0.1, 0.15) is 42.1 Å². The molecule has 178 valence electrons. The molecule has 0 aliphatic carbocycles. The molecule has 0 radical (unpaired) electrons. The first kappa shape index (κ1) is 23.8. The number of amidine groups is 1. The second kappa shape index (κ2) is 10.7. The summed E-state index contributed by atoms with van der Waals surface area (Å²) in [5.41, 5.74) is 10.8. The third-order valence-electron chi connectivity index (χ3n) is 5.91. The zero-order valence-electron chi connectivity index (χ0n) is 19.8. The minimum absolute atomic E-state index is 0.0164. The van der Waals surface area contributed by atoms with Crippen LogP contribution >= 0.6 is 0 Å². The molecule has 4 rings (SSSR count). The predicted octanol–water partition coefficient (Wildman–Crippen LogP) is 4.16. The molecule has 0 aliphatic heterocycles. The van der Waals surface area contributed by atoms with Gasteiger partial charge in [0, 0.05) is 29.1 Å². The SMILES string of the molecule is CCCCc1nc(-c2ccccn2)n(Cc2ccc(-c3ccccc3C(N)=NO)nc2)c(=O)c1C. The largest absolute Gasteiger partial charge is 0.409 e. The van der Waals surface area contributed by atoms with E-state index in [0.717, 1.165) is 36.1 Å². The first-order valence-electron chi connectivity index (χ1n) is 11.6. The van der Waals surface area contributed by atoms with Crippen LogP contribution in [0.15, 0.2) is 76.9 Å². The van der Waals surface area contributed by atoms with E-state index in [1.165, 1.54) is 0 Å². The zero-order chi connectivity index (χ0) is 24.8. The van der Waals surface area contributed by atoms with Crippen molar-refractivity contribution in [2.45, 2.75) is 39.7 Å². The number of rotatable bonds is 8. The van der Waals surface area contributed by atoms with Crippen molar-refractivity contribution in [3.8, 4) is 22.8 Å². The van der Waals surface area contributed by atoms with E-state index in [9.17, 15) is 4.79 Å². The van der Waals surface area contributed by atoms with Crippen LogP contribution in [0.4, 0.5) is 0 Å². The summed E-state index contributed by atoms with van der Waals surface area (Å²) in [7, 11) is 0. The number of pyridine rings is 2. The first-order valence-corrected chi connectivity index (χ1v) is 11.6. The summed E-state index contributed by atoms with van der Waals surface area (Å²) in [5.74, 6) is 0.566. The van der Waals surface area contributed by atoms with Crippen LogP contribution in [-0.2, 0) is 13.0 Å². The van der Waals surface area contributed by atoms with Crippen molar-refractivity contribution in [3.05, 3.63) is 99.7 Å². The molecule has 8 nitrogen and oxygen atoms in total. The molecule has 1 aromatic carbocycles. The van der Waals surface area contributed by atoms with Gasteiger partial charge in [0.2, 0.25) is 0 Å². The third-order valence-corrected chi connectivity index (χ3v) is 5.91. The van der Waals surface area contributed by atoms with Gasteiger partial charge in [0.25, 0.3) is 5.56 Å². The molecule has 0 atom stereocenters. The van der Waals surface area contributed by atoms with Crippen LogP contribution in [0, 0.1) is 6.92 Å². The Bertz CT molecular complexity index is 1400. The molecule has 0 saturated carbocycles. The zero-order valence-corrected chi connectivity index (χ0v) is 19.8. The third kappa shape index (κ3) is 5.11. The molecular weight excluding hydrogens is 440 g/mol. The minimum Gasteiger partial charge on any atom is -0.409 e. The molecule has 35 heavy (non-hydrogen) atoms. The van der Waals surface area contributed by atoms with Gasteiger partial charge >= 0.3 is 0 Å². The molecule has 0 unspecified atom stereocenters. The van der Waals surface area contributed by atoms with E-state index in [1.807, 2.05) is 55.5 Å². The quantitative estimate of drug-likeness (QED) is 0.173. The van der Waals surface area contributed by atoms with Crippen molar-refractivity contribution >= 4 is 5.84 Å². The normalized spacial score (nSPS) is 11.5. The molecule has 3 aromatic heterocycles. The number of oxime groups is 1. The Morgan fingerprint density at radius 3 is 2.54 bits per heavy atom. The van der Waals surface area contributed by atoms with Crippen molar-refractivity contribution in [2.75, 3.05) is 0 Å². The maximum atomic E-state index is 13.4. The lowest BCUT2D eigenvalue weighted by molar-refractivity contribution is 0.318. The molecule has 4 aromatic rings. The van der Waals surface area contributed by atoms with Crippen LogP contribution in [-0.4, -0.2) is 30.6 Å². The lowest BCUT2D eigenvalue weighted by atomic mass is 10.0. The van der Waals surface area contributed by atoms with Gasteiger partial charge < -0.3 is 10.9 Å². The Kier molecular flexibility index (Phi) is 7.30. The van der Waals surface area contributed by atoms with E-state index in [4.69, 9.17) is 15.9 Å². The number of nitrogens with two attached hydrogens (primary N) is 1. The number of aryl methyl sites for hydroxylation is 1. The summed E-state index contributed by atoms with van der Waals surface area (Å²) < 4.78 is 1.66. The van der Waals surface area contributed by atoms with Crippen LogP contribution < -0.4 is 11.3 Å². The first-order chi connectivity index (χ1) is 17.0. The summed E-state index contributed by atoms with van der Waals surface area (Å²) >= 11 is 0. The summed E-state index contributed by atoms with van der Waals surface area (Å²) in [6.45, 7) is 4.27. The molecular formula is C27H28N6O2. The van der Waals surface area contributed by atoms with Gasteiger partial charge in [0.15, 0.2) is 11.7 Å². The number of hydrogen-bond donors (Lipinski definition) is 2. The van der Waals surface area contributed by atoms with Crippen molar-refractivity contribution in [1.29, 1.82) is 0 Å². The number of aromatic nitrogens is 4. The fourth-order valence-electron chi connectivity index (χ4n) is 3.96. The molecule has 0 fully saturated rings. The molecule has 3 N–H and O–H groups in total. The maximum Gasteiger partial charge on any atom is 0.257 e. The van der Waals surface area contributed by atoms with Crippen molar-refractivity contribution < 1.29 is 5.21 Å². The van der Waals surface area contributed by atoms with Crippen molar-refractivity contribution in [1.82, 2.24) is 19.5 Å². The molecule has 0 amide bonds. The smallest absolute Gasteiger partial charge is 0.257 e. The minimum atomic E-state index is -0.0758. The van der Waals surface area contributed by atoms with Gasteiger partial charge in [-0.3, -0.25) is 19.3 Å². The van der Waals surface area contributed by atoms with E-state index in [0.29, 0.717) is 34.9 Å². The van der Waals surface area contributed by atoms with Gasteiger partial charge in [0.05, 0.1) is 17.9 Å². The standard InChI is InChI=1S/C27H28N6O2/c1-3-4-11-22-18(2)27(34)33(26(31-22)24-12-7-8-15-29-24)17-19-13-14-23(30-16-19)20-9-5-6-10-21(20)25(28)32-35/h5-10,12-16,35H,3-4,11,17H2,1-2H3,(H2,28,32). The second-order valence-electron chi connectivity index (χ2n) is 8.30. The summed E-state index contributed by atoms with van der Waals surface area (Å²) in [5, 5.41) is 12.2. The Labute approximate surface area is 203 Å². The topological polar surface area (TPSA) is 119 Å². The van der Waals surface area contributed by atoms with E-state index in [1.54, 1.807) is 23.0 Å². The fourth-order valence-corrected chi connectivity index (χ4v) is 3.96. The van der Waals surface area contributed by atoms with E-state index >= 15 is 0 Å². The second-order valence-corrected chi connectivity index (χ2v) is 8.30. The summed E-state index contributed by atoms with van der Waals surface area (Å²) in [4.78, 5) is 27.3. The monoisotopic (exact) mass is 468 g/mol. The molecule has 0 spiro atoms. The fraction of sp³-hybridized carbons (Fsp3) is 0.222. The van der Waals surface area contributed by atoms with Gasteiger partial charge in [-0.1, -0.05) is 54.9 Å². The van der Waals surface area contributed by atoms with Crippen molar-refractivity contribution in [3.63, 3.8) is 0 Å². The number of nitrogens with zero attached hydrogens (tertiary/aromatic N) is 5. The van der Waals surface area contributed by atoms with Gasteiger partial charge in [-0.25, -0.2) is 4.98 Å². The molecule has 0 aliphatic rings. The van der Waals surface area contributed by atoms with Crippen LogP contribution in [0.25, 0.3) is 22.8 Å². The van der Waals surface area contributed by atoms with Gasteiger partial charge in [0.1, 0.15) is 5.69 Å². The molecule has 0 bridgehead atoms. The van der Waals surface area contributed by atoms with Gasteiger partial charge in [-0.2, -0.15) is 0 Å². The number of benzene rings is 1. The maximum absolute atomic E-state index is 13.4. The molecule has 3 heterocycles. The molecule has 0 saturated heterocycles. The van der Waals surface area contributed by atoms with Crippen LogP contribution in [0.3, 0.4) is 0 Å². The Morgan fingerprint density at radius 1 is 1.06 bits per heavy atom. The van der Waals surface area contributed by atoms with E-state index < -0.39 is 0 Å². The molecule has 8 heteroatoms. The number of hydrogen-bond acceptors (Lipinski definition) is 6. The summed E-state index contributed by atoms with van der Waals surface area (Å²) in [6, 6.07) is 16.7. The predicted molar refractivity (Wildman–Crippen MR) is 136 cm³/mol. The highest BCUT2D eigenvalue weighted by Gasteiger charge is 2.17. The van der Waals surface area contributed by atoms with Crippen LogP contribution in [0.2, 0.25) is 0 Å². The van der Waals surface area contributed by atoms with E-state index in [-0.39, 0.29) is 11.4 Å². The van der Waals surface area contributed by atoms with Gasteiger partial charge in [-0.15, -0.1) is 0 Å². The van der Waals surface area contributed by atoms with Crippen LogP contribution in [0.5, 0.6) is 0 Å².